The van der Waals surface area contributed by atoms with Crippen molar-refractivity contribution in [2.45, 2.75) is 213 Å². The molecule has 0 heterocycles. The topological polar surface area (TPSA) is 78.9 Å². The Bertz CT molecular complexity index is 1080. The molecule has 6 heteroatoms. The summed E-state index contributed by atoms with van der Waals surface area (Å²) in [5, 5.41) is 0. The largest absolute Gasteiger partial charge is 0.462 e. The van der Waals surface area contributed by atoms with E-state index in [9.17, 15) is 14.4 Å². The van der Waals surface area contributed by atoms with Gasteiger partial charge in [0.25, 0.3) is 0 Å². The predicted octanol–water partition coefficient (Wildman–Crippen LogP) is 14.7. The van der Waals surface area contributed by atoms with Gasteiger partial charge in [-0.2, -0.15) is 0 Å². The zero-order valence-electron chi connectivity index (χ0n) is 36.4. The highest BCUT2D eigenvalue weighted by Crippen LogP contribution is 2.12. The first-order chi connectivity index (χ1) is 27.5. The van der Waals surface area contributed by atoms with E-state index in [1.54, 1.807) is 0 Å². The van der Waals surface area contributed by atoms with E-state index >= 15 is 0 Å². The number of carbonyl (C=O) groups excluding carboxylic acids is 3. The number of carbonyl (C=O) groups is 3. The second-order valence-electron chi connectivity index (χ2n) is 14.9. The van der Waals surface area contributed by atoms with Crippen LogP contribution in [0.25, 0.3) is 0 Å². The lowest BCUT2D eigenvalue weighted by Crippen LogP contribution is -2.30. The van der Waals surface area contributed by atoms with Crippen molar-refractivity contribution in [3.63, 3.8) is 0 Å². The summed E-state index contributed by atoms with van der Waals surface area (Å²) < 4.78 is 16.6. The maximum absolute atomic E-state index is 12.7. The molecule has 0 aliphatic carbocycles. The van der Waals surface area contributed by atoms with Crippen LogP contribution in [0.1, 0.15) is 207 Å². The van der Waals surface area contributed by atoms with Crippen molar-refractivity contribution in [1.29, 1.82) is 0 Å². The van der Waals surface area contributed by atoms with Crippen molar-refractivity contribution >= 4 is 17.9 Å². The zero-order chi connectivity index (χ0) is 40.8. The minimum absolute atomic E-state index is 0.111. The predicted molar refractivity (Wildman–Crippen MR) is 238 cm³/mol. The van der Waals surface area contributed by atoms with E-state index in [1.807, 2.05) is 6.08 Å². The fourth-order valence-electron chi connectivity index (χ4n) is 5.98. The summed E-state index contributed by atoms with van der Waals surface area (Å²) in [6.45, 7) is 6.37. The number of unbranched alkanes of at least 4 members (excludes halogenated alkanes) is 18. The quantitative estimate of drug-likeness (QED) is 0.0203. The third kappa shape index (κ3) is 42.0. The number of esters is 3. The molecule has 320 valence electrons. The van der Waals surface area contributed by atoms with E-state index in [0.717, 1.165) is 83.5 Å². The molecule has 0 N–H and O–H groups in total. The molecule has 0 spiro atoms. The van der Waals surface area contributed by atoms with E-state index in [-0.39, 0.29) is 31.6 Å². The Morgan fingerprint density at radius 1 is 0.393 bits per heavy atom. The van der Waals surface area contributed by atoms with Gasteiger partial charge in [0.2, 0.25) is 0 Å². The van der Waals surface area contributed by atoms with Gasteiger partial charge in [-0.15, -0.1) is 0 Å². The molecule has 0 aromatic heterocycles. The Balaban J connectivity index is 4.50. The van der Waals surface area contributed by atoms with E-state index in [2.05, 4.69) is 87.6 Å². The summed E-state index contributed by atoms with van der Waals surface area (Å²) in [5.41, 5.74) is 0. The number of rotatable bonds is 40. The minimum Gasteiger partial charge on any atom is -0.462 e. The normalized spacial score (nSPS) is 12.7. The van der Waals surface area contributed by atoms with Crippen LogP contribution in [0.15, 0.2) is 72.9 Å². The Kier molecular flexibility index (Phi) is 42.1. The van der Waals surface area contributed by atoms with Gasteiger partial charge in [0.05, 0.1) is 0 Å². The second kappa shape index (κ2) is 44.6. The summed E-state index contributed by atoms with van der Waals surface area (Å²) in [6, 6.07) is 0. The van der Waals surface area contributed by atoms with Gasteiger partial charge in [0.15, 0.2) is 6.10 Å². The van der Waals surface area contributed by atoms with Crippen molar-refractivity contribution in [2.75, 3.05) is 13.2 Å². The molecule has 0 aliphatic rings. The third-order valence-electron chi connectivity index (χ3n) is 9.46. The van der Waals surface area contributed by atoms with Crippen LogP contribution in [0.5, 0.6) is 0 Å². The van der Waals surface area contributed by atoms with Gasteiger partial charge in [0.1, 0.15) is 13.2 Å². The first-order valence-electron chi connectivity index (χ1n) is 23.0. The van der Waals surface area contributed by atoms with E-state index in [4.69, 9.17) is 14.2 Å². The lowest BCUT2D eigenvalue weighted by molar-refractivity contribution is -0.166. The first-order valence-corrected chi connectivity index (χ1v) is 23.0. The molecule has 0 fully saturated rings. The molecule has 0 amide bonds. The van der Waals surface area contributed by atoms with Gasteiger partial charge in [-0.1, -0.05) is 177 Å². The minimum atomic E-state index is -0.817. The van der Waals surface area contributed by atoms with E-state index in [1.165, 1.54) is 77.0 Å². The van der Waals surface area contributed by atoms with Crippen molar-refractivity contribution in [2.24, 2.45) is 0 Å². The van der Waals surface area contributed by atoms with Gasteiger partial charge in [0, 0.05) is 19.3 Å². The highest BCUT2D eigenvalue weighted by atomic mass is 16.6. The molecule has 0 bridgehead atoms. The van der Waals surface area contributed by atoms with Crippen molar-refractivity contribution in [3.8, 4) is 0 Å². The molecule has 1 atom stereocenters. The van der Waals surface area contributed by atoms with Crippen LogP contribution >= 0.6 is 0 Å². The Labute approximate surface area is 344 Å². The van der Waals surface area contributed by atoms with Crippen molar-refractivity contribution in [3.05, 3.63) is 72.9 Å². The monoisotopic (exact) mass is 781 g/mol. The molecular formula is C50H84O6. The number of hydrogen-bond donors (Lipinski definition) is 0. The van der Waals surface area contributed by atoms with Crippen molar-refractivity contribution in [1.82, 2.24) is 0 Å². The first kappa shape index (κ1) is 52.9. The summed E-state index contributed by atoms with van der Waals surface area (Å²) >= 11 is 0. The smallest absolute Gasteiger partial charge is 0.306 e. The van der Waals surface area contributed by atoms with Gasteiger partial charge in [-0.25, -0.2) is 0 Å². The second-order valence-corrected chi connectivity index (χ2v) is 14.9. The average Bonchev–Trinajstić information content (AvgIpc) is 3.19. The number of allylic oxidation sites excluding steroid dienone is 12. The number of hydrogen-bond acceptors (Lipinski definition) is 6. The molecule has 1 unspecified atom stereocenters. The van der Waals surface area contributed by atoms with Gasteiger partial charge >= 0.3 is 17.9 Å². The van der Waals surface area contributed by atoms with Crippen LogP contribution in [0.4, 0.5) is 0 Å². The Morgan fingerprint density at radius 3 is 1.32 bits per heavy atom. The maximum Gasteiger partial charge on any atom is 0.306 e. The fraction of sp³-hybridized carbons (Fsp3) is 0.700. The molecule has 0 aliphatic heterocycles. The van der Waals surface area contributed by atoms with E-state index in [0.29, 0.717) is 19.3 Å². The third-order valence-corrected chi connectivity index (χ3v) is 9.46. The van der Waals surface area contributed by atoms with Crippen LogP contribution in [-0.4, -0.2) is 37.2 Å². The molecule has 0 radical (unpaired) electrons. The lowest BCUT2D eigenvalue weighted by atomic mass is 10.1. The summed E-state index contributed by atoms with van der Waals surface area (Å²) in [7, 11) is 0. The molecule has 6 nitrogen and oxygen atoms in total. The molecule has 0 saturated heterocycles. The maximum atomic E-state index is 12.7. The van der Waals surface area contributed by atoms with Gasteiger partial charge < -0.3 is 14.2 Å². The highest BCUT2D eigenvalue weighted by Gasteiger charge is 2.19. The van der Waals surface area contributed by atoms with Gasteiger partial charge in [-0.05, 0) is 83.5 Å². The summed E-state index contributed by atoms with van der Waals surface area (Å²) in [5.74, 6) is -1.02. The zero-order valence-corrected chi connectivity index (χ0v) is 36.4. The average molecular weight is 781 g/mol. The molecule has 0 aromatic carbocycles. The Hall–Kier alpha value is -3.15. The van der Waals surface area contributed by atoms with E-state index < -0.39 is 12.1 Å². The fourth-order valence-corrected chi connectivity index (χ4v) is 5.98. The molecule has 56 heavy (non-hydrogen) atoms. The van der Waals surface area contributed by atoms with Gasteiger partial charge in [-0.3, -0.25) is 14.4 Å². The summed E-state index contributed by atoms with van der Waals surface area (Å²) in [4.78, 5) is 37.7. The van der Waals surface area contributed by atoms with Crippen LogP contribution < -0.4 is 0 Å². The molecule has 0 aromatic rings. The number of ether oxygens (including phenoxy) is 3. The van der Waals surface area contributed by atoms with Crippen LogP contribution in [0.2, 0.25) is 0 Å². The SMILES string of the molecule is CC/C=C\C/C=C\CCCCCCCCCC(=O)OCC(COC(=O)CCCCC/C=C\C=C/CCCC)OC(=O)CC/C=C\C/C=C\CCCCCCCC. The van der Waals surface area contributed by atoms with Crippen LogP contribution in [0, 0.1) is 0 Å². The summed E-state index contributed by atoms with van der Waals surface area (Å²) in [6.07, 6.45) is 54.7. The molecular weight excluding hydrogens is 697 g/mol. The Morgan fingerprint density at radius 2 is 0.804 bits per heavy atom. The standard InChI is InChI=1S/C50H84O6/c1-4-7-10-13-16-19-22-24-26-28-31-34-37-40-43-49(52)55-46-47(45-54-48(51)42-39-36-33-30-27-21-18-15-12-9-6-3)56-50(53)44-41-38-35-32-29-25-23-20-17-14-11-8-5-2/h7,10,15-16,18-19,21,25,27,29,35,38,47H,4-6,8-9,11-14,17,20,22-24,26,28,30-34,36-37,39-46H2,1-3H3/b10-7-,18-15-,19-16-,27-21-,29-25-,38-35-. The van der Waals surface area contributed by atoms with Crippen LogP contribution in [0.3, 0.4) is 0 Å². The van der Waals surface area contributed by atoms with Crippen molar-refractivity contribution < 1.29 is 28.6 Å². The lowest BCUT2D eigenvalue weighted by Gasteiger charge is -2.18. The van der Waals surface area contributed by atoms with Crippen LogP contribution in [-0.2, 0) is 28.6 Å². The highest BCUT2D eigenvalue weighted by molar-refractivity contribution is 5.71. The molecule has 0 rings (SSSR count). The molecule has 0 saturated carbocycles.